The molecule has 1 heterocycles. The number of carboxylic acids is 1. The first kappa shape index (κ1) is 19.8. The number of amides is 1. The summed E-state index contributed by atoms with van der Waals surface area (Å²) >= 11 is 0. The minimum absolute atomic E-state index is 0.0482. The van der Waals surface area contributed by atoms with Crippen LogP contribution in [0.4, 0.5) is 0 Å². The van der Waals surface area contributed by atoms with Gasteiger partial charge >= 0.3 is 5.97 Å². The normalized spacial score (nSPS) is 19.8. The molecular weight excluding hydrogens is 368 g/mol. The first-order valence-corrected chi connectivity index (χ1v) is 10.9. The summed E-state index contributed by atoms with van der Waals surface area (Å²) in [6, 6.07) is 5.22. The van der Waals surface area contributed by atoms with Gasteiger partial charge in [0.15, 0.2) is 0 Å². The molecule has 0 radical (unpaired) electrons. The Hall–Kier alpha value is -1.93. The molecular formula is C19H26N2O5S. The lowest BCUT2D eigenvalue weighted by atomic mass is 9.86. The van der Waals surface area contributed by atoms with Crippen molar-refractivity contribution in [2.75, 3.05) is 26.2 Å². The zero-order chi connectivity index (χ0) is 19.4. The van der Waals surface area contributed by atoms with Gasteiger partial charge in [-0.25, -0.2) is 13.2 Å². The molecule has 2 aliphatic rings. The summed E-state index contributed by atoms with van der Waals surface area (Å²) in [6.07, 6.45) is 6.46. The van der Waals surface area contributed by atoms with Gasteiger partial charge < -0.3 is 10.0 Å². The molecule has 0 spiro atoms. The van der Waals surface area contributed by atoms with E-state index in [1.807, 2.05) is 0 Å². The predicted molar refractivity (Wildman–Crippen MR) is 99.9 cm³/mol. The highest BCUT2D eigenvalue weighted by molar-refractivity contribution is 7.89. The van der Waals surface area contributed by atoms with Gasteiger partial charge in [-0.2, -0.15) is 4.31 Å². The van der Waals surface area contributed by atoms with E-state index in [1.165, 1.54) is 47.8 Å². The molecule has 3 rings (SSSR count). The standard InChI is InChI=1S/C19H26N2O5S/c22-18(14-15-4-2-1-3-5-15)20-10-12-21(13-11-20)27(25,26)17-8-6-16(7-9-17)19(23)24/h6-9,15H,1-5,10-14H2,(H,23,24). The zero-order valence-corrected chi connectivity index (χ0v) is 16.2. The molecule has 0 bridgehead atoms. The first-order valence-electron chi connectivity index (χ1n) is 9.49. The fourth-order valence-electron chi connectivity index (χ4n) is 3.86. The van der Waals surface area contributed by atoms with Crippen LogP contribution in [0.1, 0.15) is 48.9 Å². The van der Waals surface area contributed by atoms with Crippen LogP contribution in [-0.4, -0.2) is 60.8 Å². The Morgan fingerprint density at radius 3 is 2.11 bits per heavy atom. The van der Waals surface area contributed by atoms with Crippen LogP contribution in [-0.2, 0) is 14.8 Å². The second-order valence-electron chi connectivity index (χ2n) is 7.32. The average Bonchev–Trinajstić information content (AvgIpc) is 2.69. The van der Waals surface area contributed by atoms with Crippen LogP contribution in [0.2, 0.25) is 0 Å². The summed E-state index contributed by atoms with van der Waals surface area (Å²) in [6.45, 7) is 1.33. The van der Waals surface area contributed by atoms with Crippen molar-refractivity contribution >= 4 is 21.9 Å². The minimum Gasteiger partial charge on any atom is -0.478 e. The predicted octanol–water partition coefficient (Wildman–Crippen LogP) is 2.19. The van der Waals surface area contributed by atoms with Gasteiger partial charge in [-0.3, -0.25) is 4.79 Å². The van der Waals surface area contributed by atoms with E-state index in [9.17, 15) is 18.0 Å². The lowest BCUT2D eigenvalue weighted by Crippen LogP contribution is -2.50. The number of rotatable bonds is 5. The third-order valence-electron chi connectivity index (χ3n) is 5.52. The number of hydrogen-bond acceptors (Lipinski definition) is 4. The SMILES string of the molecule is O=C(O)c1ccc(S(=O)(=O)N2CCN(C(=O)CC3CCCCC3)CC2)cc1. The van der Waals surface area contributed by atoms with Gasteiger partial charge in [0.05, 0.1) is 10.5 Å². The number of sulfonamides is 1. The number of carbonyl (C=O) groups is 2. The molecule has 0 unspecified atom stereocenters. The van der Waals surface area contributed by atoms with Crippen LogP contribution in [0, 0.1) is 5.92 Å². The number of carbonyl (C=O) groups excluding carboxylic acids is 1. The van der Waals surface area contributed by atoms with Gasteiger partial charge in [0.2, 0.25) is 15.9 Å². The van der Waals surface area contributed by atoms with E-state index in [1.54, 1.807) is 4.90 Å². The highest BCUT2D eigenvalue weighted by Crippen LogP contribution is 2.27. The number of hydrogen-bond donors (Lipinski definition) is 1. The molecule has 1 aliphatic heterocycles. The molecule has 1 amide bonds. The fraction of sp³-hybridized carbons (Fsp3) is 0.579. The maximum absolute atomic E-state index is 12.7. The van der Waals surface area contributed by atoms with Gasteiger partial charge in [-0.1, -0.05) is 19.3 Å². The van der Waals surface area contributed by atoms with Crippen molar-refractivity contribution in [1.82, 2.24) is 9.21 Å². The molecule has 1 saturated carbocycles. The van der Waals surface area contributed by atoms with Crippen LogP contribution in [0.25, 0.3) is 0 Å². The molecule has 2 fully saturated rings. The Morgan fingerprint density at radius 2 is 1.56 bits per heavy atom. The summed E-state index contributed by atoms with van der Waals surface area (Å²) in [7, 11) is -3.68. The number of nitrogens with zero attached hydrogens (tertiary/aromatic N) is 2. The van der Waals surface area contributed by atoms with Crippen molar-refractivity contribution in [1.29, 1.82) is 0 Å². The van der Waals surface area contributed by atoms with Crippen molar-refractivity contribution in [3.05, 3.63) is 29.8 Å². The maximum Gasteiger partial charge on any atom is 0.335 e. The monoisotopic (exact) mass is 394 g/mol. The summed E-state index contributed by atoms with van der Waals surface area (Å²) in [5.74, 6) is -0.491. The third-order valence-corrected chi connectivity index (χ3v) is 7.43. The van der Waals surface area contributed by atoms with E-state index in [0.29, 0.717) is 25.4 Å². The smallest absolute Gasteiger partial charge is 0.335 e. The van der Waals surface area contributed by atoms with E-state index < -0.39 is 16.0 Å². The number of benzene rings is 1. The molecule has 1 aliphatic carbocycles. The van der Waals surface area contributed by atoms with E-state index in [0.717, 1.165) is 12.8 Å². The molecule has 1 aromatic carbocycles. The van der Waals surface area contributed by atoms with E-state index in [2.05, 4.69) is 0 Å². The summed E-state index contributed by atoms with van der Waals surface area (Å²) in [5.41, 5.74) is 0.0482. The van der Waals surface area contributed by atoms with Crippen LogP contribution >= 0.6 is 0 Å². The van der Waals surface area contributed by atoms with Crippen molar-refractivity contribution < 1.29 is 23.1 Å². The summed E-state index contributed by atoms with van der Waals surface area (Å²) in [4.78, 5) is 25.3. The van der Waals surface area contributed by atoms with Crippen molar-refractivity contribution in [2.45, 2.75) is 43.4 Å². The Labute approximate surface area is 160 Å². The molecule has 0 atom stereocenters. The van der Waals surface area contributed by atoms with E-state index in [4.69, 9.17) is 5.11 Å². The molecule has 7 nitrogen and oxygen atoms in total. The highest BCUT2D eigenvalue weighted by atomic mass is 32.2. The van der Waals surface area contributed by atoms with Crippen LogP contribution in [0.5, 0.6) is 0 Å². The Balaban J connectivity index is 1.57. The largest absolute Gasteiger partial charge is 0.478 e. The van der Waals surface area contributed by atoms with Crippen LogP contribution < -0.4 is 0 Å². The second kappa shape index (κ2) is 8.39. The molecule has 1 N–H and O–H groups in total. The molecule has 1 saturated heterocycles. The van der Waals surface area contributed by atoms with Crippen molar-refractivity contribution in [3.8, 4) is 0 Å². The molecule has 148 valence electrons. The van der Waals surface area contributed by atoms with Gasteiger partial charge in [-0.15, -0.1) is 0 Å². The van der Waals surface area contributed by atoms with Crippen molar-refractivity contribution in [2.24, 2.45) is 5.92 Å². The Bertz CT molecular complexity index is 777. The van der Waals surface area contributed by atoms with E-state index >= 15 is 0 Å². The third kappa shape index (κ3) is 4.68. The Kier molecular flexibility index (Phi) is 6.16. The van der Waals surface area contributed by atoms with Gasteiger partial charge in [0, 0.05) is 32.6 Å². The number of carboxylic acid groups (broad SMARTS) is 1. The van der Waals surface area contributed by atoms with Crippen LogP contribution in [0.3, 0.4) is 0 Å². The molecule has 8 heteroatoms. The lowest BCUT2D eigenvalue weighted by Gasteiger charge is -2.35. The molecule has 1 aromatic rings. The van der Waals surface area contributed by atoms with Crippen LogP contribution in [0.15, 0.2) is 29.2 Å². The topological polar surface area (TPSA) is 95.0 Å². The maximum atomic E-state index is 12.7. The second-order valence-corrected chi connectivity index (χ2v) is 9.26. The molecule has 27 heavy (non-hydrogen) atoms. The summed E-state index contributed by atoms with van der Waals surface area (Å²) < 4.78 is 26.8. The average molecular weight is 394 g/mol. The number of aromatic carboxylic acids is 1. The molecule has 0 aromatic heterocycles. The van der Waals surface area contributed by atoms with Gasteiger partial charge in [-0.05, 0) is 43.0 Å². The highest BCUT2D eigenvalue weighted by Gasteiger charge is 2.31. The van der Waals surface area contributed by atoms with Crippen molar-refractivity contribution in [3.63, 3.8) is 0 Å². The van der Waals surface area contributed by atoms with E-state index in [-0.39, 0.29) is 29.5 Å². The minimum atomic E-state index is -3.68. The summed E-state index contributed by atoms with van der Waals surface area (Å²) in [5, 5.41) is 8.93. The Morgan fingerprint density at radius 1 is 0.963 bits per heavy atom. The number of piperazine rings is 1. The first-order chi connectivity index (χ1) is 12.9. The fourth-order valence-corrected chi connectivity index (χ4v) is 5.29. The van der Waals surface area contributed by atoms with Gasteiger partial charge in [0.1, 0.15) is 0 Å². The van der Waals surface area contributed by atoms with Gasteiger partial charge in [0.25, 0.3) is 0 Å². The zero-order valence-electron chi connectivity index (χ0n) is 15.3. The quantitative estimate of drug-likeness (QED) is 0.826. The lowest BCUT2D eigenvalue weighted by molar-refractivity contribution is -0.133.